The average Bonchev–Trinajstić information content (AvgIpc) is 2.62. The second-order valence-electron chi connectivity index (χ2n) is 4.03. The minimum atomic E-state index is 0.335. The first-order valence-electron chi connectivity index (χ1n) is 5.59. The second-order valence-corrected chi connectivity index (χ2v) is 5.68. The molecule has 0 saturated carbocycles. The van der Waals surface area contributed by atoms with E-state index in [1.54, 1.807) is 16.8 Å². The van der Waals surface area contributed by atoms with Gasteiger partial charge >= 0.3 is 0 Å². The summed E-state index contributed by atoms with van der Waals surface area (Å²) in [5.41, 5.74) is 2.35. The van der Waals surface area contributed by atoms with Crippen LogP contribution in [-0.4, -0.2) is 16.1 Å². The van der Waals surface area contributed by atoms with Crippen molar-refractivity contribution in [1.29, 1.82) is 0 Å². The molecule has 0 radical (unpaired) electrons. The molecule has 0 unspecified atom stereocenters. The van der Waals surface area contributed by atoms with Crippen LogP contribution in [-0.2, 0) is 13.7 Å². The smallest absolute Gasteiger partial charge is 0.153 e. The molecule has 0 saturated heterocycles. The van der Waals surface area contributed by atoms with E-state index >= 15 is 0 Å². The quantitative estimate of drug-likeness (QED) is 0.752. The van der Waals surface area contributed by atoms with E-state index in [0.29, 0.717) is 17.9 Å². The highest BCUT2D eigenvalue weighted by Crippen LogP contribution is 2.30. The highest BCUT2D eigenvalue weighted by molar-refractivity contribution is 9.10. The van der Waals surface area contributed by atoms with E-state index in [-0.39, 0.29) is 0 Å². The Balaban J connectivity index is 2.26. The number of aryl methyl sites for hydroxylation is 2. The van der Waals surface area contributed by atoms with E-state index in [1.807, 2.05) is 20.0 Å². The highest BCUT2D eigenvalue weighted by atomic mass is 79.9. The van der Waals surface area contributed by atoms with Gasteiger partial charge in [0.1, 0.15) is 12.4 Å². The van der Waals surface area contributed by atoms with Crippen LogP contribution >= 0.6 is 31.9 Å². The number of aldehydes is 1. The monoisotopic (exact) mass is 386 g/mol. The first-order chi connectivity index (χ1) is 9.04. The van der Waals surface area contributed by atoms with Gasteiger partial charge in [-0.3, -0.25) is 9.48 Å². The van der Waals surface area contributed by atoms with E-state index in [4.69, 9.17) is 4.74 Å². The lowest BCUT2D eigenvalue weighted by Crippen LogP contribution is -2.05. The summed E-state index contributed by atoms with van der Waals surface area (Å²) < 4.78 is 9.19. The van der Waals surface area contributed by atoms with Crippen molar-refractivity contribution in [3.8, 4) is 5.75 Å². The number of ether oxygens (including phenoxy) is 1. The lowest BCUT2D eigenvalue weighted by molar-refractivity contribution is 0.111. The molecule has 0 bridgehead atoms. The topological polar surface area (TPSA) is 44.1 Å². The number of benzene rings is 1. The van der Waals surface area contributed by atoms with Crippen molar-refractivity contribution in [1.82, 2.24) is 9.78 Å². The van der Waals surface area contributed by atoms with Gasteiger partial charge in [0.15, 0.2) is 6.29 Å². The summed E-state index contributed by atoms with van der Waals surface area (Å²) in [7, 11) is 1.86. The third kappa shape index (κ3) is 2.90. The van der Waals surface area contributed by atoms with Gasteiger partial charge in [-0.25, -0.2) is 0 Å². The third-order valence-corrected chi connectivity index (χ3v) is 4.40. The number of halogens is 2. The SMILES string of the molecule is Cc1nn(C)c(COc2c(Br)cccc2C=O)c1Br. The molecule has 4 nitrogen and oxygen atoms in total. The molecule has 0 amide bonds. The molecule has 19 heavy (non-hydrogen) atoms. The van der Waals surface area contributed by atoms with Crippen LogP contribution in [0.5, 0.6) is 5.75 Å². The Bertz CT molecular complexity index is 623. The lowest BCUT2D eigenvalue weighted by Gasteiger charge is -2.10. The van der Waals surface area contributed by atoms with Gasteiger partial charge < -0.3 is 4.74 Å². The summed E-state index contributed by atoms with van der Waals surface area (Å²) in [6.45, 7) is 2.25. The zero-order valence-corrected chi connectivity index (χ0v) is 13.7. The first kappa shape index (κ1) is 14.3. The summed E-state index contributed by atoms with van der Waals surface area (Å²) in [6.07, 6.45) is 0.781. The molecule has 2 aromatic rings. The number of carbonyl (C=O) groups excluding carboxylic acids is 1. The van der Waals surface area contributed by atoms with E-state index in [0.717, 1.165) is 26.6 Å². The van der Waals surface area contributed by atoms with Gasteiger partial charge in [0.05, 0.1) is 25.9 Å². The average molecular weight is 388 g/mol. The number of carbonyl (C=O) groups is 1. The maximum absolute atomic E-state index is 11.0. The van der Waals surface area contributed by atoms with Crippen LogP contribution < -0.4 is 4.74 Å². The van der Waals surface area contributed by atoms with Crippen LogP contribution in [0.1, 0.15) is 21.7 Å². The fourth-order valence-electron chi connectivity index (χ4n) is 1.75. The Labute approximate surface area is 128 Å². The van der Waals surface area contributed by atoms with E-state index in [2.05, 4.69) is 37.0 Å². The van der Waals surface area contributed by atoms with Crippen LogP contribution in [0, 0.1) is 6.92 Å². The molecule has 0 N–H and O–H groups in total. The molecule has 1 aromatic heterocycles. The minimum Gasteiger partial charge on any atom is -0.485 e. The van der Waals surface area contributed by atoms with Crippen molar-refractivity contribution in [3.63, 3.8) is 0 Å². The van der Waals surface area contributed by atoms with Crippen molar-refractivity contribution >= 4 is 38.1 Å². The largest absolute Gasteiger partial charge is 0.485 e. The first-order valence-corrected chi connectivity index (χ1v) is 7.17. The number of hydrogen-bond donors (Lipinski definition) is 0. The van der Waals surface area contributed by atoms with Gasteiger partial charge in [0.25, 0.3) is 0 Å². The van der Waals surface area contributed by atoms with Gasteiger partial charge in [-0.15, -0.1) is 0 Å². The zero-order chi connectivity index (χ0) is 14.0. The van der Waals surface area contributed by atoms with Gasteiger partial charge in [0, 0.05) is 7.05 Å². The molecule has 6 heteroatoms. The van der Waals surface area contributed by atoms with E-state index in [1.165, 1.54) is 0 Å². The molecule has 1 heterocycles. The molecule has 1 aromatic carbocycles. The third-order valence-electron chi connectivity index (χ3n) is 2.74. The molecule has 100 valence electrons. The number of nitrogens with zero attached hydrogens (tertiary/aromatic N) is 2. The summed E-state index contributed by atoms with van der Waals surface area (Å²) in [6, 6.07) is 5.35. The molecule has 0 spiro atoms. The van der Waals surface area contributed by atoms with E-state index in [9.17, 15) is 4.79 Å². The zero-order valence-electron chi connectivity index (χ0n) is 10.5. The number of hydrogen-bond acceptors (Lipinski definition) is 3. The van der Waals surface area contributed by atoms with Gasteiger partial charge in [-0.05, 0) is 50.9 Å². The normalized spacial score (nSPS) is 10.5. The second kappa shape index (κ2) is 5.88. The Morgan fingerprint density at radius 2 is 2.16 bits per heavy atom. The van der Waals surface area contributed by atoms with Gasteiger partial charge in [0.2, 0.25) is 0 Å². The molecule has 0 atom stereocenters. The van der Waals surface area contributed by atoms with Crippen molar-refractivity contribution in [2.24, 2.45) is 7.05 Å². The molecule has 0 aliphatic carbocycles. The molecule has 2 rings (SSSR count). The summed E-state index contributed by atoms with van der Waals surface area (Å²) >= 11 is 6.87. The maximum atomic E-state index is 11.0. The lowest BCUT2D eigenvalue weighted by atomic mass is 10.2. The Morgan fingerprint density at radius 1 is 1.42 bits per heavy atom. The molecule has 0 aliphatic heterocycles. The van der Waals surface area contributed by atoms with Crippen molar-refractivity contribution in [2.45, 2.75) is 13.5 Å². The Kier molecular flexibility index (Phi) is 4.42. The van der Waals surface area contributed by atoms with Crippen LogP contribution in [0.25, 0.3) is 0 Å². The predicted molar refractivity (Wildman–Crippen MR) is 79.5 cm³/mol. The summed E-state index contributed by atoms with van der Waals surface area (Å²) in [5, 5.41) is 4.30. The van der Waals surface area contributed by atoms with Crippen molar-refractivity contribution in [2.75, 3.05) is 0 Å². The Hall–Kier alpha value is -1.14. The van der Waals surface area contributed by atoms with Crippen LogP contribution in [0.4, 0.5) is 0 Å². The fraction of sp³-hybridized carbons (Fsp3) is 0.231. The number of aromatic nitrogens is 2. The van der Waals surface area contributed by atoms with Crippen LogP contribution in [0.15, 0.2) is 27.1 Å². The molecule has 0 fully saturated rings. The molecular weight excluding hydrogens is 376 g/mol. The fourth-order valence-corrected chi connectivity index (χ4v) is 2.69. The van der Waals surface area contributed by atoms with Gasteiger partial charge in [-0.1, -0.05) is 6.07 Å². The van der Waals surface area contributed by atoms with Crippen LogP contribution in [0.2, 0.25) is 0 Å². The number of para-hydroxylation sites is 1. The molecular formula is C13H12Br2N2O2. The van der Waals surface area contributed by atoms with Crippen molar-refractivity contribution in [3.05, 3.63) is 44.1 Å². The number of rotatable bonds is 4. The minimum absolute atomic E-state index is 0.335. The van der Waals surface area contributed by atoms with Crippen molar-refractivity contribution < 1.29 is 9.53 Å². The van der Waals surface area contributed by atoms with E-state index < -0.39 is 0 Å². The summed E-state index contributed by atoms with van der Waals surface area (Å²) in [5.74, 6) is 0.545. The Morgan fingerprint density at radius 3 is 2.74 bits per heavy atom. The maximum Gasteiger partial charge on any atom is 0.153 e. The highest BCUT2D eigenvalue weighted by Gasteiger charge is 2.13. The van der Waals surface area contributed by atoms with Gasteiger partial charge in [-0.2, -0.15) is 5.10 Å². The molecule has 0 aliphatic rings. The summed E-state index contributed by atoms with van der Waals surface area (Å²) in [4.78, 5) is 11.0. The van der Waals surface area contributed by atoms with Crippen LogP contribution in [0.3, 0.4) is 0 Å². The standard InChI is InChI=1S/C13H12Br2N2O2/c1-8-12(15)11(17(2)16-8)7-19-13-9(6-18)4-3-5-10(13)14/h3-6H,7H2,1-2H3. The predicted octanol–water partition coefficient (Wildman–Crippen LogP) is 3.65.